The van der Waals surface area contributed by atoms with Crippen LogP contribution in [0.5, 0.6) is 23.0 Å². The number of phenolic OH excluding ortho intramolecular Hbond substituents is 2. The number of aromatic nitrogens is 6. The number of ether oxygens (including phenoxy) is 2. The third-order valence-electron chi connectivity index (χ3n) is 10.2. The van der Waals surface area contributed by atoms with Gasteiger partial charge >= 0.3 is 0 Å². The van der Waals surface area contributed by atoms with E-state index in [0.29, 0.717) is 33.6 Å². The summed E-state index contributed by atoms with van der Waals surface area (Å²) >= 11 is 23.5. The van der Waals surface area contributed by atoms with Crippen LogP contribution in [0.25, 0.3) is 32.7 Å². The van der Waals surface area contributed by atoms with E-state index in [9.17, 15) is 36.2 Å². The van der Waals surface area contributed by atoms with Gasteiger partial charge in [0, 0.05) is 22.1 Å². The molecule has 0 aliphatic carbocycles. The van der Waals surface area contributed by atoms with Crippen LogP contribution in [0.15, 0.2) is 103 Å². The Morgan fingerprint density at radius 3 is 1.20 bits per heavy atom. The quantitative estimate of drug-likeness (QED) is 0.0461. The number of nitrogens with zero attached hydrogens (tertiary/aromatic N) is 10. The first-order valence-electron chi connectivity index (χ1n) is 19.5. The molecule has 0 aliphatic heterocycles. The molecular formula is C42H30Cl4N12O10S2. The number of hydrogen-bond acceptors (Lipinski definition) is 20. The summed E-state index contributed by atoms with van der Waals surface area (Å²) in [4.78, 5) is 21.6. The molecule has 0 aliphatic rings. The number of methoxy groups -OCH3 is 2. The summed E-state index contributed by atoms with van der Waals surface area (Å²) in [6.45, 7) is 3.51. The number of phenols is 2. The summed E-state index contributed by atoms with van der Waals surface area (Å²) in [6.07, 6.45) is 0. The fraction of sp³-hybridized carbons (Fsp3) is 0.0952. The number of aromatic hydroxyl groups is 2. The van der Waals surface area contributed by atoms with Crippen molar-refractivity contribution < 1.29 is 45.6 Å². The highest BCUT2D eigenvalue weighted by Gasteiger charge is 2.25. The lowest BCUT2D eigenvalue weighted by Gasteiger charge is -2.16. The number of benzene rings is 6. The Hall–Kier alpha value is -7.16. The van der Waals surface area contributed by atoms with Crippen LogP contribution >= 0.6 is 46.4 Å². The summed E-state index contributed by atoms with van der Waals surface area (Å²) in [5.74, 6) is -0.912. The van der Waals surface area contributed by atoms with Crippen molar-refractivity contribution in [3.8, 4) is 34.1 Å². The molecule has 0 fully saturated rings. The molecule has 22 nitrogen and oxygen atoms in total. The van der Waals surface area contributed by atoms with Crippen LogP contribution in [0.3, 0.4) is 0 Å². The third-order valence-corrected chi connectivity index (χ3v) is 12.6. The molecule has 8 aromatic rings. The highest BCUT2D eigenvalue weighted by Crippen LogP contribution is 2.47. The van der Waals surface area contributed by atoms with Crippen molar-refractivity contribution >= 4 is 134 Å². The van der Waals surface area contributed by atoms with Crippen molar-refractivity contribution in [2.75, 3.05) is 24.9 Å². The molecule has 0 radical (unpaired) electrons. The molecule has 6 aromatic carbocycles. The smallest absolute Gasteiger partial charge is 0.296 e. The van der Waals surface area contributed by atoms with Crippen LogP contribution in [0, 0.1) is 13.8 Å². The Balaban J connectivity index is 1.11. The molecule has 6 N–H and O–H groups in total. The van der Waals surface area contributed by atoms with Crippen LogP contribution in [0.1, 0.15) is 11.1 Å². The van der Waals surface area contributed by atoms with Gasteiger partial charge in [0.05, 0.1) is 14.2 Å². The van der Waals surface area contributed by atoms with Crippen molar-refractivity contribution in [1.82, 2.24) is 29.9 Å². The zero-order valence-corrected chi connectivity index (χ0v) is 40.6. The van der Waals surface area contributed by atoms with Crippen LogP contribution in [0.2, 0.25) is 21.1 Å². The lowest BCUT2D eigenvalue weighted by molar-refractivity contribution is 0.415. The summed E-state index contributed by atoms with van der Waals surface area (Å²) in [5.41, 5.74) is 2.26. The predicted molar refractivity (Wildman–Crippen MR) is 260 cm³/mol. The van der Waals surface area contributed by atoms with Gasteiger partial charge in [-0.1, -0.05) is 0 Å². The van der Waals surface area contributed by atoms with Gasteiger partial charge in [-0.3, -0.25) is 9.11 Å². The summed E-state index contributed by atoms with van der Waals surface area (Å²) in [5, 5.41) is 44.9. The maximum Gasteiger partial charge on any atom is 0.296 e. The maximum atomic E-state index is 12.7. The van der Waals surface area contributed by atoms with Gasteiger partial charge in [0.15, 0.2) is 11.5 Å². The fourth-order valence-electron chi connectivity index (χ4n) is 7.08. The van der Waals surface area contributed by atoms with Crippen LogP contribution in [0.4, 0.5) is 46.0 Å². The molecule has 0 unspecified atom stereocenters. The molecule has 28 heteroatoms. The number of halogens is 4. The van der Waals surface area contributed by atoms with E-state index < -0.39 is 52.9 Å². The Bertz CT molecular complexity index is 3500. The van der Waals surface area contributed by atoms with Crippen molar-refractivity contribution in [1.29, 1.82) is 0 Å². The highest BCUT2D eigenvalue weighted by molar-refractivity contribution is 7.86. The zero-order chi connectivity index (χ0) is 50.4. The first kappa shape index (κ1) is 49.3. The number of nitrogens with one attached hydrogen (secondary N) is 2. The summed E-state index contributed by atoms with van der Waals surface area (Å²) in [6, 6.07) is 17.5. The Labute approximate surface area is 415 Å². The number of fused-ring (bicyclic) bond motifs is 2. The minimum absolute atomic E-state index is 0.0141. The van der Waals surface area contributed by atoms with E-state index >= 15 is 0 Å². The Morgan fingerprint density at radius 2 is 0.871 bits per heavy atom. The molecule has 2 aromatic heterocycles. The van der Waals surface area contributed by atoms with Crippen molar-refractivity contribution in [2.45, 2.75) is 23.6 Å². The minimum Gasteiger partial charge on any atom is -0.505 e. The van der Waals surface area contributed by atoms with Gasteiger partial charge in [-0.25, -0.2) is 0 Å². The molecule has 0 atom stereocenters. The number of anilines is 4. The average molecular weight is 1070 g/mol. The largest absolute Gasteiger partial charge is 0.505 e. The zero-order valence-electron chi connectivity index (χ0n) is 36.0. The minimum atomic E-state index is -4.99. The molecule has 358 valence electrons. The van der Waals surface area contributed by atoms with Crippen molar-refractivity contribution in [3.63, 3.8) is 0 Å². The maximum absolute atomic E-state index is 12.7. The van der Waals surface area contributed by atoms with Gasteiger partial charge < -0.3 is 30.3 Å². The topological polar surface area (TPSA) is 318 Å². The first-order chi connectivity index (χ1) is 33.1. The van der Waals surface area contributed by atoms with Crippen molar-refractivity contribution in [3.05, 3.63) is 105 Å². The van der Waals surface area contributed by atoms with E-state index in [1.165, 1.54) is 50.6 Å². The van der Waals surface area contributed by atoms with E-state index in [1.807, 2.05) is 0 Å². The standard InChI is InChI=1S/C42H30Cl4N12O10S2/c1-17-9-27(55-57-33-31(69(61,62)63)13-19-11-21(5-7-23(19)35(33)59)47-41-51-37(43)49-38(44)52-41)29(67-3)15-25(17)26-16-30(68-4)28(10-18(26)2)56-58-34-32(70(64,65)66)14-20-12-22(6-8-24(20)36(34)60)48-42-53-39(45)50-40(46)54-42/h5-16,59-60H,1-4H3,(H,61,62,63)(H,64,65,66)(H,47,49,51,52)(H,48,50,53,54). The molecular weight excluding hydrogens is 1040 g/mol. The van der Waals surface area contributed by atoms with Gasteiger partial charge in [0.1, 0.15) is 44.0 Å². The molecule has 0 saturated carbocycles. The first-order valence-corrected chi connectivity index (χ1v) is 23.9. The summed E-state index contributed by atoms with van der Waals surface area (Å²) in [7, 11) is -7.24. The lowest BCUT2D eigenvalue weighted by atomic mass is 9.95. The number of hydrogen-bond donors (Lipinski definition) is 6. The van der Waals surface area contributed by atoms with E-state index in [-0.39, 0.29) is 77.4 Å². The third kappa shape index (κ3) is 10.4. The van der Waals surface area contributed by atoms with Gasteiger partial charge in [0.2, 0.25) is 33.0 Å². The van der Waals surface area contributed by atoms with E-state index in [4.69, 9.17) is 55.9 Å². The Kier molecular flexibility index (Phi) is 13.6. The van der Waals surface area contributed by atoms with E-state index in [0.717, 1.165) is 12.1 Å². The second kappa shape index (κ2) is 19.3. The second-order valence-electron chi connectivity index (χ2n) is 14.7. The van der Waals surface area contributed by atoms with Gasteiger partial charge in [0.25, 0.3) is 20.2 Å². The normalized spacial score (nSPS) is 12.1. The average Bonchev–Trinajstić information content (AvgIpc) is 3.27. The van der Waals surface area contributed by atoms with Crippen LogP contribution in [-0.2, 0) is 20.2 Å². The van der Waals surface area contributed by atoms with E-state index in [1.54, 1.807) is 38.1 Å². The van der Waals surface area contributed by atoms with Gasteiger partial charge in [-0.05, 0) is 166 Å². The van der Waals surface area contributed by atoms with Gasteiger partial charge in [-0.15, -0.1) is 20.5 Å². The molecule has 0 saturated heterocycles. The number of azo groups is 2. The SMILES string of the molecule is COc1cc(-c2cc(OC)c(N=Nc3c(S(=O)(=O)O)cc4cc(Nc5nc(Cl)nc(Cl)n5)ccc4c3O)cc2C)c(C)cc1N=Nc1c(S(=O)(=O)O)cc2cc(Nc3nc(Cl)nc(Cl)n3)ccc2c1O. The molecule has 0 spiro atoms. The fourth-order valence-corrected chi connectivity index (χ4v) is 9.13. The van der Waals surface area contributed by atoms with Gasteiger partial charge in [-0.2, -0.15) is 46.7 Å². The molecule has 0 amide bonds. The molecule has 0 bridgehead atoms. The van der Waals surface area contributed by atoms with Crippen LogP contribution < -0.4 is 20.1 Å². The van der Waals surface area contributed by atoms with E-state index in [2.05, 4.69) is 61.0 Å². The molecule has 8 rings (SSSR count). The Morgan fingerprint density at radius 1 is 0.514 bits per heavy atom. The van der Waals surface area contributed by atoms with Crippen LogP contribution in [-0.4, -0.2) is 80.3 Å². The summed E-state index contributed by atoms with van der Waals surface area (Å²) < 4.78 is 82.5. The lowest BCUT2D eigenvalue weighted by Crippen LogP contribution is -2.01. The second-order valence-corrected chi connectivity index (χ2v) is 18.8. The monoisotopic (exact) mass is 1070 g/mol. The molecule has 2 heterocycles. The number of rotatable bonds is 13. The molecule has 70 heavy (non-hydrogen) atoms. The predicted octanol–water partition coefficient (Wildman–Crippen LogP) is 11.5. The number of aryl methyl sites for hydroxylation is 2. The van der Waals surface area contributed by atoms with Crippen molar-refractivity contribution in [2.24, 2.45) is 20.5 Å². The highest BCUT2D eigenvalue weighted by atomic mass is 35.5.